The Hall–Kier alpha value is -0.960. The van der Waals surface area contributed by atoms with Gasteiger partial charge in [-0.25, -0.2) is 0 Å². The normalized spacial score (nSPS) is 12.6. The van der Waals surface area contributed by atoms with Crippen LogP contribution in [0.4, 0.5) is 0 Å². The van der Waals surface area contributed by atoms with E-state index < -0.39 is 36.4 Å². The molecule has 8 nitrogen and oxygen atoms in total. The number of methoxy groups -OCH3 is 1. The van der Waals surface area contributed by atoms with Gasteiger partial charge in [0, 0.05) is 0 Å². The Morgan fingerprint density at radius 2 is 1.76 bits per heavy atom. The summed E-state index contributed by atoms with van der Waals surface area (Å²) in [6.07, 6.45) is -2.08. The Morgan fingerprint density at radius 1 is 1.29 bits per heavy atom. The summed E-state index contributed by atoms with van der Waals surface area (Å²) in [4.78, 5) is 41.9. The van der Waals surface area contributed by atoms with E-state index in [0.717, 1.165) is 7.11 Å². The average Bonchev–Trinajstić information content (AvgIpc) is 2.17. The molecule has 0 heterocycles. The monoisotopic (exact) mass is 256 g/mol. The molecule has 0 rings (SSSR count). The van der Waals surface area contributed by atoms with Gasteiger partial charge in [-0.05, 0) is 0 Å². The Bertz CT molecular complexity index is 315. The van der Waals surface area contributed by atoms with Crippen molar-refractivity contribution in [2.45, 2.75) is 18.4 Å². The van der Waals surface area contributed by atoms with Gasteiger partial charge in [-0.2, -0.15) is 0 Å². The molecule has 0 aromatic rings. The molecule has 9 heteroatoms. The third-order valence-electron chi connectivity index (χ3n) is 1.66. The molecule has 0 spiro atoms. The predicted octanol–water partition coefficient (Wildman–Crippen LogP) is -5.88. The summed E-state index contributed by atoms with van der Waals surface area (Å²) in [7, 11) is 0.974. The standard InChI is InChI=1S/C8H10O8.Na/c1-15-5(10)2-8(14,7(12)13)3-6(11)16-4-9;/h4,14H,2-3H2,1H3,(H,12,13);/q;+1/p-1. The Labute approximate surface area is 118 Å². The van der Waals surface area contributed by atoms with Crippen LogP contribution in [0.1, 0.15) is 12.8 Å². The van der Waals surface area contributed by atoms with E-state index in [1.54, 1.807) is 0 Å². The third-order valence-corrected chi connectivity index (χ3v) is 1.66. The van der Waals surface area contributed by atoms with Crippen LogP contribution in [0.5, 0.6) is 0 Å². The molecule has 0 bridgehead atoms. The van der Waals surface area contributed by atoms with Gasteiger partial charge in [0.15, 0.2) is 0 Å². The molecule has 0 aliphatic rings. The first-order valence-electron chi connectivity index (χ1n) is 3.99. The fourth-order valence-electron chi connectivity index (χ4n) is 0.852. The Morgan fingerprint density at radius 3 is 2.12 bits per heavy atom. The second-order valence-electron chi connectivity index (χ2n) is 2.83. The van der Waals surface area contributed by atoms with Crippen molar-refractivity contribution in [2.75, 3.05) is 7.11 Å². The van der Waals surface area contributed by atoms with Crippen LogP contribution in [-0.2, 0) is 28.7 Å². The smallest absolute Gasteiger partial charge is 0.547 e. The van der Waals surface area contributed by atoms with Crippen molar-refractivity contribution in [3.8, 4) is 0 Å². The number of carboxylic acid groups (broad SMARTS) is 1. The van der Waals surface area contributed by atoms with E-state index in [1.807, 2.05) is 0 Å². The number of rotatable bonds is 6. The number of ether oxygens (including phenoxy) is 2. The van der Waals surface area contributed by atoms with E-state index in [1.165, 1.54) is 0 Å². The van der Waals surface area contributed by atoms with Gasteiger partial charge < -0.3 is 24.5 Å². The fourth-order valence-corrected chi connectivity index (χ4v) is 0.852. The molecule has 0 aromatic heterocycles. The van der Waals surface area contributed by atoms with E-state index in [9.17, 15) is 29.4 Å². The minimum atomic E-state index is -2.76. The van der Waals surface area contributed by atoms with E-state index in [0.29, 0.717) is 0 Å². The van der Waals surface area contributed by atoms with Gasteiger partial charge in [0.1, 0.15) is 5.60 Å². The van der Waals surface area contributed by atoms with Crippen LogP contribution in [0.3, 0.4) is 0 Å². The van der Waals surface area contributed by atoms with E-state index >= 15 is 0 Å². The number of aliphatic hydroxyl groups is 1. The molecule has 0 aliphatic heterocycles. The summed E-state index contributed by atoms with van der Waals surface area (Å²) >= 11 is 0. The number of hydrogen-bond acceptors (Lipinski definition) is 8. The maximum atomic E-state index is 10.8. The number of aliphatic carboxylic acids is 1. The molecule has 0 radical (unpaired) electrons. The van der Waals surface area contributed by atoms with Crippen molar-refractivity contribution >= 4 is 24.4 Å². The molecule has 0 saturated heterocycles. The topological polar surface area (TPSA) is 130 Å². The van der Waals surface area contributed by atoms with Crippen LogP contribution < -0.4 is 34.7 Å². The van der Waals surface area contributed by atoms with Crippen molar-refractivity contribution in [3.05, 3.63) is 0 Å². The van der Waals surface area contributed by atoms with Gasteiger partial charge in [-0.1, -0.05) is 0 Å². The molecular weight excluding hydrogens is 247 g/mol. The maximum absolute atomic E-state index is 10.8. The minimum Gasteiger partial charge on any atom is -0.547 e. The van der Waals surface area contributed by atoms with Gasteiger partial charge in [0.2, 0.25) is 0 Å². The van der Waals surface area contributed by atoms with Crippen LogP contribution in [0.15, 0.2) is 0 Å². The first-order valence-corrected chi connectivity index (χ1v) is 3.99. The summed E-state index contributed by atoms with van der Waals surface area (Å²) in [5, 5.41) is 20.0. The van der Waals surface area contributed by atoms with Crippen LogP contribution >= 0.6 is 0 Å². The molecule has 0 aliphatic carbocycles. The largest absolute Gasteiger partial charge is 1.00 e. The molecular formula is C8H9NaO8. The molecule has 1 unspecified atom stereocenters. The SMILES string of the molecule is COC(=O)CC(O)(CC(=O)OC=O)C(=O)[O-].[Na+]. The second kappa shape index (κ2) is 8.18. The van der Waals surface area contributed by atoms with Gasteiger partial charge in [-0.3, -0.25) is 14.4 Å². The molecule has 0 saturated carbocycles. The summed E-state index contributed by atoms with van der Waals surface area (Å²) < 4.78 is 7.91. The first kappa shape index (κ1) is 18.4. The van der Waals surface area contributed by atoms with Crippen LogP contribution in [0.2, 0.25) is 0 Å². The van der Waals surface area contributed by atoms with Gasteiger partial charge in [0.25, 0.3) is 0 Å². The molecule has 1 N–H and O–H groups in total. The van der Waals surface area contributed by atoms with Crippen LogP contribution in [0.25, 0.3) is 0 Å². The number of esters is 2. The second-order valence-corrected chi connectivity index (χ2v) is 2.83. The van der Waals surface area contributed by atoms with Crippen molar-refractivity contribution in [1.82, 2.24) is 0 Å². The van der Waals surface area contributed by atoms with E-state index in [4.69, 9.17) is 0 Å². The quantitative estimate of drug-likeness (QED) is 0.215. The molecule has 0 fully saturated rings. The van der Waals surface area contributed by atoms with Crippen LogP contribution in [-0.4, -0.2) is 42.2 Å². The first-order chi connectivity index (χ1) is 7.35. The third kappa shape index (κ3) is 6.37. The van der Waals surface area contributed by atoms with Crippen LogP contribution in [0, 0.1) is 0 Å². The summed E-state index contributed by atoms with van der Waals surface area (Å²) in [5.41, 5.74) is -2.76. The number of hydrogen-bond donors (Lipinski definition) is 1. The van der Waals surface area contributed by atoms with E-state index in [-0.39, 0.29) is 36.0 Å². The average molecular weight is 256 g/mol. The van der Waals surface area contributed by atoms with E-state index in [2.05, 4.69) is 9.47 Å². The molecule has 1 atom stereocenters. The molecule has 17 heavy (non-hydrogen) atoms. The Balaban J connectivity index is 0. The molecule has 0 amide bonds. The zero-order valence-electron chi connectivity index (χ0n) is 9.30. The van der Waals surface area contributed by atoms with Gasteiger partial charge >= 0.3 is 48.0 Å². The van der Waals surface area contributed by atoms with Crippen molar-refractivity contribution in [3.63, 3.8) is 0 Å². The minimum absolute atomic E-state index is 0. The predicted molar refractivity (Wildman–Crippen MR) is 43.4 cm³/mol. The van der Waals surface area contributed by atoms with Gasteiger partial charge in [-0.15, -0.1) is 0 Å². The molecule has 0 aromatic carbocycles. The number of carbonyl (C=O) groups is 4. The summed E-state index contributed by atoms with van der Waals surface area (Å²) in [5.74, 6) is -4.39. The summed E-state index contributed by atoms with van der Waals surface area (Å²) in [6.45, 7) is -0.226. The van der Waals surface area contributed by atoms with Gasteiger partial charge in [0.05, 0.1) is 25.9 Å². The van der Waals surface area contributed by atoms with Crippen molar-refractivity contribution in [1.29, 1.82) is 0 Å². The van der Waals surface area contributed by atoms with Crippen molar-refractivity contribution in [2.24, 2.45) is 0 Å². The summed E-state index contributed by atoms with van der Waals surface area (Å²) in [6, 6.07) is 0. The zero-order chi connectivity index (χ0) is 12.8. The fraction of sp³-hybridized carbons (Fsp3) is 0.500. The number of carboxylic acids is 1. The zero-order valence-corrected chi connectivity index (χ0v) is 11.3. The van der Waals surface area contributed by atoms with Crippen molar-refractivity contribution < 1.29 is 68.4 Å². The number of carbonyl (C=O) groups excluding carboxylic acids is 4. The molecule has 90 valence electrons. The Kier molecular flexibility index (Phi) is 8.85. The maximum Gasteiger partial charge on any atom is 1.00 e.